The van der Waals surface area contributed by atoms with Crippen LogP contribution in [0.3, 0.4) is 0 Å². The summed E-state index contributed by atoms with van der Waals surface area (Å²) in [6, 6.07) is 11.7. The maximum Gasteiger partial charge on any atom is 0.134 e. The molecule has 1 aromatic carbocycles. The Morgan fingerprint density at radius 3 is 2.76 bits per heavy atom. The van der Waals surface area contributed by atoms with Gasteiger partial charge in [0.25, 0.3) is 0 Å². The van der Waals surface area contributed by atoms with E-state index in [9.17, 15) is 0 Å². The van der Waals surface area contributed by atoms with Gasteiger partial charge in [-0.05, 0) is 17.7 Å². The van der Waals surface area contributed by atoms with Gasteiger partial charge in [-0.25, -0.2) is 9.97 Å². The third kappa shape index (κ3) is 3.69. The van der Waals surface area contributed by atoms with Gasteiger partial charge < -0.3 is 10.2 Å². The average molecular weight is 281 g/mol. The van der Waals surface area contributed by atoms with Crippen LogP contribution in [-0.2, 0) is 13.0 Å². The van der Waals surface area contributed by atoms with E-state index in [0.29, 0.717) is 12.1 Å². The average Bonchev–Trinajstić information content (AvgIpc) is 2.54. The van der Waals surface area contributed by atoms with Crippen LogP contribution >= 0.6 is 0 Å². The second-order valence-electron chi connectivity index (χ2n) is 4.80. The summed E-state index contributed by atoms with van der Waals surface area (Å²) in [4.78, 5) is 11.0. The molecular formula is C16H19N5. The first kappa shape index (κ1) is 14.8. The number of anilines is 2. The largest absolute Gasteiger partial charge is 0.373 e. The second-order valence-corrected chi connectivity index (χ2v) is 4.80. The highest BCUT2D eigenvalue weighted by molar-refractivity contribution is 5.49. The van der Waals surface area contributed by atoms with Gasteiger partial charge in [-0.15, -0.1) is 0 Å². The molecule has 0 radical (unpaired) electrons. The van der Waals surface area contributed by atoms with E-state index in [0.717, 1.165) is 29.4 Å². The molecule has 5 nitrogen and oxygen atoms in total. The summed E-state index contributed by atoms with van der Waals surface area (Å²) in [6.07, 6.45) is 0.792. The van der Waals surface area contributed by atoms with Gasteiger partial charge in [0.2, 0.25) is 0 Å². The van der Waals surface area contributed by atoms with Gasteiger partial charge in [0.1, 0.15) is 17.5 Å². The van der Waals surface area contributed by atoms with Crippen LogP contribution < -0.4 is 10.2 Å². The molecule has 0 atom stereocenters. The quantitative estimate of drug-likeness (QED) is 0.912. The van der Waals surface area contributed by atoms with Gasteiger partial charge in [0, 0.05) is 33.1 Å². The van der Waals surface area contributed by atoms with Crippen molar-refractivity contribution in [1.29, 1.82) is 5.26 Å². The second kappa shape index (κ2) is 6.71. The Labute approximate surface area is 125 Å². The lowest BCUT2D eigenvalue weighted by Crippen LogP contribution is -2.19. The Hall–Kier alpha value is -2.61. The highest BCUT2D eigenvalue weighted by Crippen LogP contribution is 2.17. The van der Waals surface area contributed by atoms with Gasteiger partial charge >= 0.3 is 0 Å². The van der Waals surface area contributed by atoms with Crippen LogP contribution in [0.2, 0.25) is 0 Å². The summed E-state index contributed by atoms with van der Waals surface area (Å²) in [7, 11) is 3.84. The lowest BCUT2D eigenvalue weighted by molar-refractivity contribution is 0.860. The molecule has 0 saturated carbocycles. The first-order chi connectivity index (χ1) is 10.2. The Bertz CT molecular complexity index is 638. The zero-order valence-corrected chi connectivity index (χ0v) is 12.6. The molecule has 0 amide bonds. The Balaban J connectivity index is 2.23. The van der Waals surface area contributed by atoms with Crippen LogP contribution in [0, 0.1) is 11.3 Å². The third-order valence-corrected chi connectivity index (χ3v) is 3.20. The van der Waals surface area contributed by atoms with Gasteiger partial charge in [0.15, 0.2) is 0 Å². The van der Waals surface area contributed by atoms with Crippen molar-refractivity contribution in [2.45, 2.75) is 19.9 Å². The Kier molecular flexibility index (Phi) is 4.72. The van der Waals surface area contributed by atoms with Gasteiger partial charge in [-0.2, -0.15) is 5.26 Å². The number of hydrogen-bond acceptors (Lipinski definition) is 5. The lowest BCUT2D eigenvalue weighted by Gasteiger charge is -2.19. The lowest BCUT2D eigenvalue weighted by atomic mass is 10.1. The Morgan fingerprint density at radius 2 is 2.10 bits per heavy atom. The molecule has 21 heavy (non-hydrogen) atoms. The van der Waals surface area contributed by atoms with Gasteiger partial charge in [-0.1, -0.05) is 19.1 Å². The molecule has 1 heterocycles. The molecule has 2 rings (SSSR count). The number of nitrogens with one attached hydrogen (secondary N) is 1. The molecule has 1 aromatic heterocycles. The first-order valence-corrected chi connectivity index (χ1v) is 6.92. The predicted octanol–water partition coefficient (Wildman–Crippen LogP) is 2.59. The standard InChI is InChI=1S/C16H19N5/c1-4-14-19-15(18-2)9-16(20-14)21(3)11-13-7-5-6-12(8-13)10-17/h5-9H,4,11H2,1-3H3,(H,18,19,20). The molecule has 1 N–H and O–H groups in total. The van der Waals surface area contributed by atoms with Crippen molar-refractivity contribution in [3.05, 3.63) is 47.3 Å². The molecule has 0 aliphatic rings. The van der Waals surface area contributed by atoms with Crippen LogP contribution in [0.1, 0.15) is 23.9 Å². The summed E-state index contributed by atoms with van der Waals surface area (Å²) in [5.41, 5.74) is 1.76. The van der Waals surface area contributed by atoms with Crippen molar-refractivity contribution in [3.8, 4) is 6.07 Å². The summed E-state index contributed by atoms with van der Waals surface area (Å²) < 4.78 is 0. The number of hydrogen-bond donors (Lipinski definition) is 1. The molecular weight excluding hydrogens is 262 g/mol. The molecule has 0 aliphatic heterocycles. The van der Waals surface area contributed by atoms with Crippen molar-refractivity contribution in [3.63, 3.8) is 0 Å². The van der Waals surface area contributed by atoms with Crippen molar-refractivity contribution in [2.24, 2.45) is 0 Å². The molecule has 0 spiro atoms. The minimum absolute atomic E-state index is 0.675. The molecule has 2 aromatic rings. The smallest absolute Gasteiger partial charge is 0.134 e. The zero-order chi connectivity index (χ0) is 15.2. The monoisotopic (exact) mass is 281 g/mol. The minimum Gasteiger partial charge on any atom is -0.373 e. The molecule has 0 unspecified atom stereocenters. The highest BCUT2D eigenvalue weighted by atomic mass is 15.2. The molecule has 0 saturated heterocycles. The molecule has 0 fully saturated rings. The molecule has 0 aliphatic carbocycles. The van der Waals surface area contributed by atoms with E-state index in [2.05, 4.69) is 26.3 Å². The van der Waals surface area contributed by atoms with E-state index in [1.165, 1.54) is 0 Å². The maximum atomic E-state index is 8.96. The fourth-order valence-corrected chi connectivity index (χ4v) is 2.06. The van der Waals surface area contributed by atoms with Crippen molar-refractivity contribution >= 4 is 11.6 Å². The third-order valence-electron chi connectivity index (χ3n) is 3.20. The number of benzene rings is 1. The van der Waals surface area contributed by atoms with Crippen LogP contribution in [0.15, 0.2) is 30.3 Å². The fourth-order valence-electron chi connectivity index (χ4n) is 2.06. The van der Waals surface area contributed by atoms with E-state index in [1.807, 2.05) is 51.4 Å². The summed E-state index contributed by atoms with van der Waals surface area (Å²) in [6.45, 7) is 2.73. The van der Waals surface area contributed by atoms with E-state index >= 15 is 0 Å². The van der Waals surface area contributed by atoms with E-state index in [-0.39, 0.29) is 0 Å². The van der Waals surface area contributed by atoms with E-state index in [4.69, 9.17) is 5.26 Å². The molecule has 5 heteroatoms. The predicted molar refractivity (Wildman–Crippen MR) is 84.2 cm³/mol. The number of aryl methyl sites for hydroxylation is 1. The van der Waals surface area contributed by atoms with E-state index < -0.39 is 0 Å². The van der Waals surface area contributed by atoms with Crippen molar-refractivity contribution in [2.75, 3.05) is 24.3 Å². The number of rotatable bonds is 5. The van der Waals surface area contributed by atoms with Crippen LogP contribution in [0.25, 0.3) is 0 Å². The minimum atomic E-state index is 0.675. The zero-order valence-electron chi connectivity index (χ0n) is 12.6. The topological polar surface area (TPSA) is 64.8 Å². The van der Waals surface area contributed by atoms with Crippen LogP contribution in [0.4, 0.5) is 11.6 Å². The summed E-state index contributed by atoms with van der Waals surface area (Å²) >= 11 is 0. The van der Waals surface area contributed by atoms with Gasteiger partial charge in [0.05, 0.1) is 11.6 Å². The first-order valence-electron chi connectivity index (χ1n) is 6.92. The van der Waals surface area contributed by atoms with E-state index in [1.54, 1.807) is 0 Å². The SMILES string of the molecule is CCc1nc(NC)cc(N(C)Cc2cccc(C#N)c2)n1. The fraction of sp³-hybridized carbons (Fsp3) is 0.312. The van der Waals surface area contributed by atoms with Crippen molar-refractivity contribution in [1.82, 2.24) is 9.97 Å². The van der Waals surface area contributed by atoms with Crippen LogP contribution in [-0.4, -0.2) is 24.1 Å². The number of nitrogens with zero attached hydrogens (tertiary/aromatic N) is 4. The number of nitriles is 1. The normalized spacial score (nSPS) is 10.0. The molecule has 0 bridgehead atoms. The maximum absolute atomic E-state index is 8.96. The summed E-state index contributed by atoms with van der Waals surface area (Å²) in [5, 5.41) is 12.0. The molecule has 108 valence electrons. The number of aromatic nitrogens is 2. The van der Waals surface area contributed by atoms with Crippen LogP contribution in [0.5, 0.6) is 0 Å². The summed E-state index contributed by atoms with van der Waals surface area (Å²) in [5.74, 6) is 2.50. The highest BCUT2D eigenvalue weighted by Gasteiger charge is 2.08. The Morgan fingerprint density at radius 1 is 1.29 bits per heavy atom. The van der Waals surface area contributed by atoms with Crippen molar-refractivity contribution < 1.29 is 0 Å². The van der Waals surface area contributed by atoms with Gasteiger partial charge in [-0.3, -0.25) is 0 Å².